The van der Waals surface area contributed by atoms with Crippen molar-refractivity contribution in [1.82, 2.24) is 0 Å². The second-order valence-electron chi connectivity index (χ2n) is 6.11. The summed E-state index contributed by atoms with van der Waals surface area (Å²) in [6.07, 6.45) is 4.61. The fourth-order valence-electron chi connectivity index (χ4n) is 3.46. The molecule has 2 aliphatic rings. The van der Waals surface area contributed by atoms with Gasteiger partial charge in [0.15, 0.2) is 5.78 Å². The Morgan fingerprint density at radius 1 is 1.30 bits per heavy atom. The summed E-state index contributed by atoms with van der Waals surface area (Å²) in [4.78, 5) is 12.2. The molecule has 3 heteroatoms. The van der Waals surface area contributed by atoms with Gasteiger partial charge in [0.05, 0.1) is 5.56 Å². The zero-order valence-corrected chi connectivity index (χ0v) is 11.9. The molecule has 3 rings (SSSR count). The molecule has 106 valence electrons. The molecule has 1 aromatic rings. The summed E-state index contributed by atoms with van der Waals surface area (Å²) in [5, 5.41) is 0. The molecule has 1 aliphatic heterocycles. The number of hydrogen-bond acceptors (Lipinski definition) is 2. The van der Waals surface area contributed by atoms with Crippen molar-refractivity contribution < 1.29 is 13.9 Å². The standard InChI is InChI=1S/C17H19FO2/c1-10-5-11(2)7-12(6-10)17-9-15(19)14-8-13(18)3-4-16(14)20-17/h3-5,8,10,12,17H,6-7,9H2,1-2H3. The third kappa shape index (κ3) is 2.49. The minimum atomic E-state index is -0.385. The highest BCUT2D eigenvalue weighted by Crippen LogP contribution is 2.37. The molecule has 0 N–H and O–H groups in total. The summed E-state index contributed by atoms with van der Waals surface area (Å²) >= 11 is 0. The fourth-order valence-corrected chi connectivity index (χ4v) is 3.46. The van der Waals surface area contributed by atoms with Crippen LogP contribution in [0.4, 0.5) is 4.39 Å². The van der Waals surface area contributed by atoms with Crippen molar-refractivity contribution in [3.63, 3.8) is 0 Å². The Morgan fingerprint density at radius 3 is 2.85 bits per heavy atom. The van der Waals surface area contributed by atoms with E-state index in [1.54, 1.807) is 6.07 Å². The van der Waals surface area contributed by atoms with Gasteiger partial charge in [-0.25, -0.2) is 4.39 Å². The quantitative estimate of drug-likeness (QED) is 0.719. The Kier molecular flexibility index (Phi) is 3.36. The van der Waals surface area contributed by atoms with Crippen LogP contribution in [0.5, 0.6) is 5.75 Å². The van der Waals surface area contributed by atoms with Gasteiger partial charge in [-0.3, -0.25) is 4.79 Å². The number of fused-ring (bicyclic) bond motifs is 1. The van der Waals surface area contributed by atoms with E-state index in [9.17, 15) is 9.18 Å². The number of halogens is 1. The predicted molar refractivity (Wildman–Crippen MR) is 75.4 cm³/mol. The van der Waals surface area contributed by atoms with Gasteiger partial charge in [-0.1, -0.05) is 18.6 Å². The second-order valence-corrected chi connectivity index (χ2v) is 6.11. The van der Waals surface area contributed by atoms with Crippen molar-refractivity contribution in [1.29, 1.82) is 0 Å². The number of Topliss-reactive ketones (excluding diaryl/α,β-unsaturated/α-hetero) is 1. The van der Waals surface area contributed by atoms with E-state index >= 15 is 0 Å². The van der Waals surface area contributed by atoms with Crippen molar-refractivity contribution in [3.05, 3.63) is 41.2 Å². The molecular formula is C17H19FO2. The van der Waals surface area contributed by atoms with E-state index in [-0.39, 0.29) is 17.7 Å². The third-order valence-corrected chi connectivity index (χ3v) is 4.26. The molecule has 3 unspecified atom stereocenters. The summed E-state index contributed by atoms with van der Waals surface area (Å²) in [5.41, 5.74) is 1.76. The maximum Gasteiger partial charge on any atom is 0.170 e. The van der Waals surface area contributed by atoms with E-state index in [1.165, 1.54) is 17.7 Å². The number of carbonyl (C=O) groups excluding carboxylic acids is 1. The molecule has 3 atom stereocenters. The number of ketones is 1. The third-order valence-electron chi connectivity index (χ3n) is 4.26. The lowest BCUT2D eigenvalue weighted by molar-refractivity contribution is 0.0684. The van der Waals surface area contributed by atoms with Crippen LogP contribution in [-0.2, 0) is 0 Å². The van der Waals surface area contributed by atoms with Crippen LogP contribution in [-0.4, -0.2) is 11.9 Å². The maximum absolute atomic E-state index is 13.2. The van der Waals surface area contributed by atoms with Gasteiger partial charge in [0.1, 0.15) is 17.7 Å². The van der Waals surface area contributed by atoms with Gasteiger partial charge in [-0.15, -0.1) is 0 Å². The van der Waals surface area contributed by atoms with Crippen LogP contribution in [0.3, 0.4) is 0 Å². The molecule has 0 spiro atoms. The highest BCUT2D eigenvalue weighted by molar-refractivity contribution is 5.99. The van der Waals surface area contributed by atoms with Crippen LogP contribution in [0.15, 0.2) is 29.8 Å². The Morgan fingerprint density at radius 2 is 2.10 bits per heavy atom. The summed E-state index contributed by atoms with van der Waals surface area (Å²) in [7, 11) is 0. The normalized spacial score (nSPS) is 29.4. The lowest BCUT2D eigenvalue weighted by Gasteiger charge is -2.35. The van der Waals surface area contributed by atoms with Crippen molar-refractivity contribution in [2.75, 3.05) is 0 Å². The zero-order chi connectivity index (χ0) is 14.3. The highest BCUT2D eigenvalue weighted by atomic mass is 19.1. The summed E-state index contributed by atoms with van der Waals surface area (Å²) < 4.78 is 19.2. The van der Waals surface area contributed by atoms with Gasteiger partial charge >= 0.3 is 0 Å². The Bertz CT molecular complexity index is 576. The first-order chi connectivity index (χ1) is 9.52. The van der Waals surface area contributed by atoms with E-state index in [2.05, 4.69) is 19.9 Å². The molecule has 2 nitrogen and oxygen atoms in total. The van der Waals surface area contributed by atoms with Gasteiger partial charge in [-0.05, 0) is 43.9 Å². The molecule has 1 aromatic carbocycles. The topological polar surface area (TPSA) is 26.3 Å². The average Bonchev–Trinajstić information content (AvgIpc) is 2.38. The van der Waals surface area contributed by atoms with Crippen LogP contribution in [0.1, 0.15) is 43.5 Å². The van der Waals surface area contributed by atoms with Crippen molar-refractivity contribution in [2.45, 2.75) is 39.2 Å². The first kappa shape index (κ1) is 13.3. The van der Waals surface area contributed by atoms with Crippen molar-refractivity contribution >= 4 is 5.78 Å². The highest BCUT2D eigenvalue weighted by Gasteiger charge is 2.34. The first-order valence-electron chi connectivity index (χ1n) is 7.19. The predicted octanol–water partition coefficient (Wildman–Crippen LogP) is 4.15. The number of benzene rings is 1. The van der Waals surface area contributed by atoms with Crippen LogP contribution in [0.2, 0.25) is 0 Å². The number of carbonyl (C=O) groups is 1. The Balaban J connectivity index is 1.83. The van der Waals surface area contributed by atoms with Crippen LogP contribution in [0, 0.1) is 17.7 Å². The Hall–Kier alpha value is -1.64. The second kappa shape index (κ2) is 5.04. The van der Waals surface area contributed by atoms with Gasteiger partial charge in [0, 0.05) is 12.3 Å². The lowest BCUT2D eigenvalue weighted by Crippen LogP contribution is -2.35. The molecule has 0 bridgehead atoms. The van der Waals surface area contributed by atoms with Crippen molar-refractivity contribution in [3.8, 4) is 5.75 Å². The molecular weight excluding hydrogens is 255 g/mol. The van der Waals surface area contributed by atoms with Crippen LogP contribution < -0.4 is 4.74 Å². The van der Waals surface area contributed by atoms with E-state index in [1.807, 2.05) is 0 Å². The van der Waals surface area contributed by atoms with Gasteiger partial charge in [-0.2, -0.15) is 0 Å². The molecule has 0 amide bonds. The molecule has 0 saturated carbocycles. The minimum absolute atomic E-state index is 0.00407. The fraction of sp³-hybridized carbons (Fsp3) is 0.471. The number of rotatable bonds is 1. The van der Waals surface area contributed by atoms with Crippen LogP contribution in [0.25, 0.3) is 0 Å². The number of hydrogen-bond donors (Lipinski definition) is 0. The number of allylic oxidation sites excluding steroid dienone is 2. The summed E-state index contributed by atoms with van der Waals surface area (Å²) in [6.45, 7) is 4.33. The summed E-state index contributed by atoms with van der Waals surface area (Å²) in [6, 6.07) is 4.20. The Labute approximate surface area is 118 Å². The number of ether oxygens (including phenoxy) is 1. The molecule has 1 aliphatic carbocycles. The van der Waals surface area contributed by atoms with Crippen molar-refractivity contribution in [2.24, 2.45) is 11.8 Å². The molecule has 20 heavy (non-hydrogen) atoms. The van der Waals surface area contributed by atoms with Gasteiger partial charge in [0.2, 0.25) is 0 Å². The minimum Gasteiger partial charge on any atom is -0.489 e. The van der Waals surface area contributed by atoms with E-state index < -0.39 is 0 Å². The molecule has 1 heterocycles. The molecule has 0 aromatic heterocycles. The van der Waals surface area contributed by atoms with E-state index in [0.29, 0.717) is 29.6 Å². The maximum atomic E-state index is 13.2. The average molecular weight is 274 g/mol. The SMILES string of the molecule is CC1=CC(C)CC(C2CC(=O)c3cc(F)ccc3O2)C1. The monoisotopic (exact) mass is 274 g/mol. The van der Waals surface area contributed by atoms with Crippen LogP contribution >= 0.6 is 0 Å². The lowest BCUT2D eigenvalue weighted by atomic mass is 9.78. The largest absolute Gasteiger partial charge is 0.489 e. The van der Waals surface area contributed by atoms with Gasteiger partial charge < -0.3 is 4.74 Å². The van der Waals surface area contributed by atoms with E-state index in [0.717, 1.165) is 12.8 Å². The summed E-state index contributed by atoms with van der Waals surface area (Å²) in [5.74, 6) is 1.05. The van der Waals surface area contributed by atoms with E-state index in [4.69, 9.17) is 4.74 Å². The molecule has 0 saturated heterocycles. The molecule has 0 radical (unpaired) electrons. The first-order valence-corrected chi connectivity index (χ1v) is 7.19. The van der Waals surface area contributed by atoms with Gasteiger partial charge in [0.25, 0.3) is 0 Å². The zero-order valence-electron chi connectivity index (χ0n) is 11.9. The smallest absolute Gasteiger partial charge is 0.170 e. The molecule has 0 fully saturated rings.